The standard InChI is InChI=1S/C25H34O3/c1-7-23(25(4,5)6)20-12-14-22(15-13-20)28-19(3)27-17-16-24(26)21-10-8-18(2)9-11-21/h8-15,19,23H,7,16-17H2,1-6H3. The molecule has 152 valence electrons. The van der Waals surface area contributed by atoms with Gasteiger partial charge in [-0.25, -0.2) is 0 Å². The minimum absolute atomic E-state index is 0.0874. The van der Waals surface area contributed by atoms with Crippen LogP contribution in [-0.2, 0) is 4.74 Å². The van der Waals surface area contributed by atoms with Crippen molar-refractivity contribution in [2.45, 2.75) is 66.6 Å². The lowest BCUT2D eigenvalue weighted by Gasteiger charge is -2.30. The Morgan fingerprint density at radius 2 is 1.61 bits per heavy atom. The number of aryl methyl sites for hydroxylation is 1. The summed E-state index contributed by atoms with van der Waals surface area (Å²) in [6, 6.07) is 15.9. The summed E-state index contributed by atoms with van der Waals surface area (Å²) >= 11 is 0. The number of hydrogen-bond acceptors (Lipinski definition) is 3. The number of ketones is 1. The van der Waals surface area contributed by atoms with E-state index < -0.39 is 6.29 Å². The van der Waals surface area contributed by atoms with Gasteiger partial charge < -0.3 is 9.47 Å². The van der Waals surface area contributed by atoms with Gasteiger partial charge in [0.2, 0.25) is 0 Å². The van der Waals surface area contributed by atoms with Gasteiger partial charge in [0.15, 0.2) is 12.1 Å². The molecular formula is C25H34O3. The first-order valence-electron chi connectivity index (χ1n) is 10.2. The highest BCUT2D eigenvalue weighted by atomic mass is 16.7. The Morgan fingerprint density at radius 1 is 1.00 bits per heavy atom. The fraction of sp³-hybridized carbons (Fsp3) is 0.480. The van der Waals surface area contributed by atoms with Gasteiger partial charge in [-0.3, -0.25) is 4.79 Å². The van der Waals surface area contributed by atoms with E-state index in [1.807, 2.05) is 50.2 Å². The molecule has 0 fully saturated rings. The highest BCUT2D eigenvalue weighted by Gasteiger charge is 2.24. The first-order valence-corrected chi connectivity index (χ1v) is 10.2. The Kier molecular flexibility index (Phi) is 7.82. The summed E-state index contributed by atoms with van der Waals surface area (Å²) in [5.41, 5.74) is 3.44. The number of ether oxygens (including phenoxy) is 2. The molecular weight excluding hydrogens is 348 g/mol. The summed E-state index contributed by atoms with van der Waals surface area (Å²) in [5, 5.41) is 0. The van der Waals surface area contributed by atoms with Crippen molar-refractivity contribution in [2.24, 2.45) is 5.41 Å². The number of benzene rings is 2. The van der Waals surface area contributed by atoms with E-state index in [0.29, 0.717) is 18.9 Å². The third-order valence-corrected chi connectivity index (χ3v) is 5.09. The average Bonchev–Trinajstić information content (AvgIpc) is 2.63. The predicted molar refractivity (Wildman–Crippen MR) is 115 cm³/mol. The summed E-state index contributed by atoms with van der Waals surface area (Å²) < 4.78 is 11.5. The molecule has 2 unspecified atom stereocenters. The third-order valence-electron chi connectivity index (χ3n) is 5.09. The Labute approximate surface area is 170 Å². The predicted octanol–water partition coefficient (Wildman–Crippen LogP) is 6.55. The van der Waals surface area contributed by atoms with Crippen LogP contribution < -0.4 is 4.74 Å². The van der Waals surface area contributed by atoms with Crippen LogP contribution in [0.3, 0.4) is 0 Å². The van der Waals surface area contributed by atoms with Crippen molar-refractivity contribution >= 4 is 5.78 Å². The number of rotatable bonds is 9. The molecule has 2 aromatic carbocycles. The number of Topliss-reactive ketones (excluding diaryl/α,β-unsaturated/α-hetero) is 1. The highest BCUT2D eigenvalue weighted by molar-refractivity contribution is 5.96. The summed E-state index contributed by atoms with van der Waals surface area (Å²) in [5.74, 6) is 1.39. The van der Waals surface area contributed by atoms with Gasteiger partial charge in [0, 0.05) is 12.0 Å². The van der Waals surface area contributed by atoms with Gasteiger partial charge >= 0.3 is 0 Å². The minimum Gasteiger partial charge on any atom is -0.465 e. The first kappa shape index (κ1) is 22.2. The maximum atomic E-state index is 12.2. The SMILES string of the molecule is CCC(c1ccc(OC(C)OCCC(=O)c2ccc(C)cc2)cc1)C(C)(C)C. The summed E-state index contributed by atoms with van der Waals surface area (Å²) in [7, 11) is 0. The van der Waals surface area contributed by atoms with Crippen molar-refractivity contribution in [3.05, 3.63) is 65.2 Å². The van der Waals surface area contributed by atoms with Crippen molar-refractivity contribution in [2.75, 3.05) is 6.61 Å². The van der Waals surface area contributed by atoms with Gasteiger partial charge in [0.05, 0.1) is 6.61 Å². The van der Waals surface area contributed by atoms with E-state index in [0.717, 1.165) is 23.3 Å². The molecule has 0 amide bonds. The second-order valence-electron chi connectivity index (χ2n) is 8.49. The van der Waals surface area contributed by atoms with Crippen LogP contribution in [0.25, 0.3) is 0 Å². The smallest absolute Gasteiger partial charge is 0.196 e. The van der Waals surface area contributed by atoms with Crippen LogP contribution in [0.1, 0.15) is 74.9 Å². The largest absolute Gasteiger partial charge is 0.465 e. The molecule has 0 saturated heterocycles. The van der Waals surface area contributed by atoms with E-state index in [1.54, 1.807) is 0 Å². The van der Waals surface area contributed by atoms with Gasteiger partial charge in [0.25, 0.3) is 0 Å². The molecule has 3 nitrogen and oxygen atoms in total. The molecule has 0 radical (unpaired) electrons. The molecule has 0 heterocycles. The Hall–Kier alpha value is -2.13. The van der Waals surface area contributed by atoms with Crippen molar-refractivity contribution < 1.29 is 14.3 Å². The molecule has 2 aromatic rings. The second-order valence-corrected chi connectivity index (χ2v) is 8.49. The van der Waals surface area contributed by atoms with Gasteiger partial charge in [0.1, 0.15) is 5.75 Å². The molecule has 0 spiro atoms. The molecule has 0 aliphatic carbocycles. The van der Waals surface area contributed by atoms with Crippen LogP contribution in [0, 0.1) is 12.3 Å². The molecule has 0 N–H and O–H groups in total. The number of hydrogen-bond donors (Lipinski definition) is 0. The molecule has 0 saturated carbocycles. The fourth-order valence-corrected chi connectivity index (χ4v) is 3.55. The van der Waals surface area contributed by atoms with E-state index in [-0.39, 0.29) is 11.2 Å². The van der Waals surface area contributed by atoms with Crippen LogP contribution >= 0.6 is 0 Å². The monoisotopic (exact) mass is 382 g/mol. The van der Waals surface area contributed by atoms with Crippen LogP contribution in [0.4, 0.5) is 0 Å². The van der Waals surface area contributed by atoms with E-state index in [9.17, 15) is 4.79 Å². The normalized spacial score (nSPS) is 13.8. The lowest BCUT2D eigenvalue weighted by molar-refractivity contribution is -0.0653. The Bertz CT molecular complexity index is 739. The molecule has 0 aliphatic rings. The van der Waals surface area contributed by atoms with Crippen molar-refractivity contribution in [3.63, 3.8) is 0 Å². The van der Waals surface area contributed by atoms with Gasteiger partial charge in [-0.1, -0.05) is 69.7 Å². The third kappa shape index (κ3) is 6.49. The van der Waals surface area contributed by atoms with E-state index in [2.05, 4.69) is 39.8 Å². The zero-order valence-corrected chi connectivity index (χ0v) is 18.1. The van der Waals surface area contributed by atoms with Crippen molar-refractivity contribution in [3.8, 4) is 5.75 Å². The van der Waals surface area contributed by atoms with E-state index in [1.165, 1.54) is 5.56 Å². The Morgan fingerprint density at radius 3 is 2.14 bits per heavy atom. The quantitative estimate of drug-likeness (QED) is 0.364. The molecule has 0 bridgehead atoms. The van der Waals surface area contributed by atoms with Crippen LogP contribution in [0.5, 0.6) is 5.75 Å². The lowest BCUT2D eigenvalue weighted by atomic mass is 9.75. The fourth-order valence-electron chi connectivity index (χ4n) is 3.55. The minimum atomic E-state index is -0.402. The maximum absolute atomic E-state index is 12.2. The number of carbonyl (C=O) groups is 1. The molecule has 2 rings (SSSR count). The van der Waals surface area contributed by atoms with Crippen LogP contribution in [0.15, 0.2) is 48.5 Å². The second kappa shape index (κ2) is 9.88. The molecule has 28 heavy (non-hydrogen) atoms. The number of carbonyl (C=O) groups excluding carboxylic acids is 1. The lowest BCUT2D eigenvalue weighted by Crippen LogP contribution is -2.19. The van der Waals surface area contributed by atoms with Crippen molar-refractivity contribution in [1.82, 2.24) is 0 Å². The maximum Gasteiger partial charge on any atom is 0.196 e. The van der Waals surface area contributed by atoms with Gasteiger partial charge in [-0.2, -0.15) is 0 Å². The zero-order chi connectivity index (χ0) is 20.7. The van der Waals surface area contributed by atoms with Crippen molar-refractivity contribution in [1.29, 1.82) is 0 Å². The van der Waals surface area contributed by atoms with Gasteiger partial charge in [-0.05, 0) is 49.3 Å². The summed E-state index contributed by atoms with van der Waals surface area (Å²) in [6.45, 7) is 13.3. The van der Waals surface area contributed by atoms with Crippen LogP contribution in [-0.4, -0.2) is 18.7 Å². The topological polar surface area (TPSA) is 35.5 Å². The molecule has 0 aromatic heterocycles. The van der Waals surface area contributed by atoms with E-state index >= 15 is 0 Å². The molecule has 3 heteroatoms. The van der Waals surface area contributed by atoms with E-state index in [4.69, 9.17) is 9.47 Å². The van der Waals surface area contributed by atoms with Gasteiger partial charge in [-0.15, -0.1) is 0 Å². The summed E-state index contributed by atoms with van der Waals surface area (Å²) in [4.78, 5) is 12.2. The highest BCUT2D eigenvalue weighted by Crippen LogP contribution is 2.37. The van der Waals surface area contributed by atoms with Crippen LogP contribution in [0.2, 0.25) is 0 Å². The average molecular weight is 383 g/mol. The summed E-state index contributed by atoms with van der Waals surface area (Å²) in [6.07, 6.45) is 1.05. The first-order chi connectivity index (χ1) is 13.2. The molecule has 2 atom stereocenters. The molecule has 0 aliphatic heterocycles. The Balaban J connectivity index is 1.82. The zero-order valence-electron chi connectivity index (χ0n) is 18.1.